The second-order valence-corrected chi connectivity index (χ2v) is 4.24. The largest absolute Gasteiger partial charge is 0.313 e. The zero-order valence-electron chi connectivity index (χ0n) is 7.73. The number of hydrogen-bond acceptors (Lipinski definition) is 2. The molecule has 0 spiro atoms. The third-order valence-corrected chi connectivity index (χ3v) is 3.13. The van der Waals surface area contributed by atoms with Crippen LogP contribution in [0.5, 0.6) is 0 Å². The van der Waals surface area contributed by atoms with Crippen molar-refractivity contribution >= 4 is 11.8 Å². The normalized spacial score (nSPS) is 18.4. The van der Waals surface area contributed by atoms with Gasteiger partial charge in [0.2, 0.25) is 0 Å². The van der Waals surface area contributed by atoms with Crippen LogP contribution < -0.4 is 5.32 Å². The molecule has 1 nitrogen and oxygen atoms in total. The van der Waals surface area contributed by atoms with Gasteiger partial charge in [-0.1, -0.05) is 0 Å². The molecular weight excluding hydrogens is 166 g/mol. The molecule has 12 heavy (non-hydrogen) atoms. The number of nitrogens with one attached hydrogen (secondary N) is 1. The smallest absolute Gasteiger partial charge is 0.0214 e. The molecule has 1 saturated heterocycles. The van der Waals surface area contributed by atoms with Gasteiger partial charge in [0, 0.05) is 19.0 Å². The molecule has 1 N–H and O–H groups in total. The minimum Gasteiger partial charge on any atom is -0.313 e. The standard InChI is InChI=1S/C10H17NS/c1-2-3-4-7-11-10-5-8-12-9-6-10/h10-11H,4-9H2,1H3. The van der Waals surface area contributed by atoms with Crippen molar-refractivity contribution < 1.29 is 0 Å². The van der Waals surface area contributed by atoms with Crippen molar-refractivity contribution in [1.82, 2.24) is 5.32 Å². The highest BCUT2D eigenvalue weighted by atomic mass is 32.2. The molecule has 0 bridgehead atoms. The van der Waals surface area contributed by atoms with E-state index in [0.717, 1.165) is 19.0 Å². The fourth-order valence-electron chi connectivity index (χ4n) is 1.37. The molecule has 1 heterocycles. The minimum absolute atomic E-state index is 0.768. The molecule has 1 rings (SSSR count). The van der Waals surface area contributed by atoms with Crippen molar-refractivity contribution in [2.24, 2.45) is 0 Å². The first-order valence-electron chi connectivity index (χ1n) is 4.64. The lowest BCUT2D eigenvalue weighted by molar-refractivity contribution is 0.490. The average Bonchev–Trinajstić information content (AvgIpc) is 2.14. The number of hydrogen-bond donors (Lipinski definition) is 1. The van der Waals surface area contributed by atoms with Gasteiger partial charge < -0.3 is 5.32 Å². The van der Waals surface area contributed by atoms with Crippen LogP contribution in [0, 0.1) is 11.8 Å². The van der Waals surface area contributed by atoms with Crippen LogP contribution in [0.4, 0.5) is 0 Å². The molecule has 0 aliphatic carbocycles. The van der Waals surface area contributed by atoms with Gasteiger partial charge in [-0.2, -0.15) is 11.8 Å². The predicted molar refractivity (Wildman–Crippen MR) is 56.4 cm³/mol. The van der Waals surface area contributed by atoms with Crippen LogP contribution in [-0.4, -0.2) is 24.1 Å². The van der Waals surface area contributed by atoms with Crippen LogP contribution in [-0.2, 0) is 0 Å². The summed E-state index contributed by atoms with van der Waals surface area (Å²) in [5.74, 6) is 8.64. The monoisotopic (exact) mass is 183 g/mol. The molecule has 2 heteroatoms. The van der Waals surface area contributed by atoms with E-state index in [1.165, 1.54) is 24.3 Å². The zero-order valence-corrected chi connectivity index (χ0v) is 8.54. The van der Waals surface area contributed by atoms with Crippen LogP contribution in [0.15, 0.2) is 0 Å². The van der Waals surface area contributed by atoms with E-state index < -0.39 is 0 Å². The lowest BCUT2D eigenvalue weighted by atomic mass is 10.1. The second kappa shape index (κ2) is 6.39. The fourth-order valence-corrected chi connectivity index (χ4v) is 2.47. The van der Waals surface area contributed by atoms with E-state index in [1.54, 1.807) is 0 Å². The van der Waals surface area contributed by atoms with Crippen LogP contribution in [0.2, 0.25) is 0 Å². The average molecular weight is 183 g/mol. The summed E-state index contributed by atoms with van der Waals surface area (Å²) >= 11 is 2.07. The highest BCUT2D eigenvalue weighted by Gasteiger charge is 2.11. The van der Waals surface area contributed by atoms with Gasteiger partial charge in [0.05, 0.1) is 0 Å². The van der Waals surface area contributed by atoms with E-state index in [1.807, 2.05) is 6.92 Å². The lowest BCUT2D eigenvalue weighted by Crippen LogP contribution is -2.33. The molecule has 0 aromatic heterocycles. The molecular formula is C10H17NS. The maximum Gasteiger partial charge on any atom is 0.0214 e. The van der Waals surface area contributed by atoms with Crippen LogP contribution >= 0.6 is 11.8 Å². The van der Waals surface area contributed by atoms with Crippen LogP contribution in [0.1, 0.15) is 26.2 Å². The Labute approximate surface area is 79.7 Å². The second-order valence-electron chi connectivity index (χ2n) is 3.02. The van der Waals surface area contributed by atoms with Gasteiger partial charge in [-0.3, -0.25) is 0 Å². The SMILES string of the molecule is CC#CCCNC1CCSCC1. The van der Waals surface area contributed by atoms with Crippen LogP contribution in [0.3, 0.4) is 0 Å². The van der Waals surface area contributed by atoms with E-state index in [4.69, 9.17) is 0 Å². The van der Waals surface area contributed by atoms with Crippen LogP contribution in [0.25, 0.3) is 0 Å². The maximum absolute atomic E-state index is 3.54. The molecule has 0 aromatic rings. The van der Waals surface area contributed by atoms with Gasteiger partial charge in [-0.15, -0.1) is 11.8 Å². The summed E-state index contributed by atoms with van der Waals surface area (Å²) in [6, 6.07) is 0.768. The molecule has 68 valence electrons. The Morgan fingerprint density at radius 1 is 1.42 bits per heavy atom. The quantitative estimate of drug-likeness (QED) is 0.529. The van der Waals surface area contributed by atoms with E-state index in [-0.39, 0.29) is 0 Å². The Kier molecular flexibility index (Phi) is 5.30. The summed E-state index contributed by atoms with van der Waals surface area (Å²) in [4.78, 5) is 0. The minimum atomic E-state index is 0.768. The highest BCUT2D eigenvalue weighted by molar-refractivity contribution is 7.99. The van der Waals surface area contributed by atoms with Gasteiger partial charge in [0.15, 0.2) is 0 Å². The van der Waals surface area contributed by atoms with Crippen molar-refractivity contribution in [2.75, 3.05) is 18.1 Å². The topological polar surface area (TPSA) is 12.0 Å². The Balaban J connectivity index is 2.00. The summed E-state index contributed by atoms with van der Waals surface area (Å²) in [7, 11) is 0. The molecule has 0 radical (unpaired) electrons. The van der Waals surface area contributed by atoms with E-state index in [2.05, 4.69) is 28.9 Å². The third-order valence-electron chi connectivity index (χ3n) is 2.08. The number of rotatable bonds is 3. The molecule has 0 saturated carbocycles. The van der Waals surface area contributed by atoms with E-state index in [9.17, 15) is 0 Å². The van der Waals surface area contributed by atoms with E-state index >= 15 is 0 Å². The van der Waals surface area contributed by atoms with Crippen molar-refractivity contribution in [1.29, 1.82) is 0 Å². The van der Waals surface area contributed by atoms with Crippen molar-refractivity contribution in [3.05, 3.63) is 0 Å². The van der Waals surface area contributed by atoms with Gasteiger partial charge in [-0.25, -0.2) is 0 Å². The molecule has 0 unspecified atom stereocenters. The maximum atomic E-state index is 3.54. The molecule has 1 fully saturated rings. The molecule has 0 amide bonds. The van der Waals surface area contributed by atoms with E-state index in [0.29, 0.717) is 0 Å². The summed E-state index contributed by atoms with van der Waals surface area (Å²) in [6.45, 7) is 2.97. The first-order valence-corrected chi connectivity index (χ1v) is 5.79. The van der Waals surface area contributed by atoms with Crippen molar-refractivity contribution in [2.45, 2.75) is 32.2 Å². The third kappa shape index (κ3) is 4.04. The molecule has 0 atom stereocenters. The van der Waals surface area contributed by atoms with Gasteiger partial charge >= 0.3 is 0 Å². The Morgan fingerprint density at radius 2 is 2.17 bits per heavy atom. The highest BCUT2D eigenvalue weighted by Crippen LogP contribution is 2.16. The fraction of sp³-hybridized carbons (Fsp3) is 0.800. The summed E-state index contributed by atoms with van der Waals surface area (Å²) < 4.78 is 0. The first kappa shape index (κ1) is 9.95. The molecule has 1 aliphatic rings. The van der Waals surface area contributed by atoms with Gasteiger partial charge in [0.1, 0.15) is 0 Å². The number of thioether (sulfide) groups is 1. The lowest BCUT2D eigenvalue weighted by Gasteiger charge is -2.21. The van der Waals surface area contributed by atoms with Gasteiger partial charge in [-0.05, 0) is 31.3 Å². The van der Waals surface area contributed by atoms with Gasteiger partial charge in [0.25, 0.3) is 0 Å². The summed E-state index contributed by atoms with van der Waals surface area (Å²) in [5.41, 5.74) is 0. The first-order chi connectivity index (χ1) is 5.93. The zero-order chi connectivity index (χ0) is 8.65. The Bertz CT molecular complexity index is 162. The Morgan fingerprint density at radius 3 is 2.83 bits per heavy atom. The molecule has 1 aliphatic heterocycles. The summed E-state index contributed by atoms with van der Waals surface area (Å²) in [6.07, 6.45) is 3.68. The Hall–Kier alpha value is -0.130. The predicted octanol–water partition coefficient (Wildman–Crippen LogP) is 1.89. The van der Waals surface area contributed by atoms with Crippen molar-refractivity contribution in [3.63, 3.8) is 0 Å². The summed E-state index contributed by atoms with van der Waals surface area (Å²) in [5, 5.41) is 3.54. The van der Waals surface area contributed by atoms with Crippen molar-refractivity contribution in [3.8, 4) is 11.8 Å². The molecule has 0 aromatic carbocycles.